The molecule has 0 amide bonds. The summed E-state index contributed by atoms with van der Waals surface area (Å²) in [6.45, 7) is 18.2. The van der Waals surface area contributed by atoms with Crippen molar-refractivity contribution in [1.82, 2.24) is 0 Å². The lowest BCUT2D eigenvalue weighted by Crippen LogP contribution is -2.48. The summed E-state index contributed by atoms with van der Waals surface area (Å²) in [6, 6.07) is 70.2. The fourth-order valence-corrected chi connectivity index (χ4v) is 23.8. The van der Waals surface area contributed by atoms with E-state index in [1.54, 1.807) is 0 Å². The van der Waals surface area contributed by atoms with Crippen molar-refractivity contribution in [3.63, 3.8) is 0 Å². The maximum atomic E-state index is 8.86. The van der Waals surface area contributed by atoms with E-state index in [2.05, 4.69) is 284 Å². The molecule has 4 aliphatic heterocycles. The fourth-order valence-electron chi connectivity index (χ4n) is 23.8. The highest BCUT2D eigenvalue weighted by atomic mass is 16.5. The van der Waals surface area contributed by atoms with E-state index < -0.39 is 6.37 Å². The van der Waals surface area contributed by atoms with Crippen LogP contribution in [0.2, 0.25) is 0 Å². The van der Waals surface area contributed by atoms with Gasteiger partial charge in [-0.25, -0.2) is 0 Å². The number of ether oxygens (including phenoxy) is 4. The second-order valence-electron chi connectivity index (χ2n) is 38.4. The lowest BCUT2D eigenvalue weighted by atomic mass is 9.62. The van der Waals surface area contributed by atoms with Crippen LogP contribution >= 0.6 is 0 Å². The molecule has 12 aromatic rings. The van der Waals surface area contributed by atoms with E-state index >= 15 is 0 Å². The van der Waals surface area contributed by atoms with Crippen LogP contribution in [-0.2, 0) is 50.8 Å². The third kappa shape index (κ3) is 14.2. The van der Waals surface area contributed by atoms with Gasteiger partial charge in [0.05, 0.1) is 22.3 Å². The minimum atomic E-state index is -1.37. The van der Waals surface area contributed by atoms with Crippen LogP contribution in [0.3, 0.4) is 0 Å². The molecule has 8 nitrogen and oxygen atoms in total. The SMILES string of the molecule is Cc1ccc2c(c1-c1ccc3ccccc3[n+]1C)OC(C)(C)CC21CCCCC1.Cc1ccc2c(c1-c1ccc3ccccc3[n+]1C)OC1(CCCCC1)CC2(C)C.Cc1ccc2c(c1-c1ccc3ccccc3[n+]1C)OC1(CCCCC1)CC21CCCC1.[2H]C1([2H])CC2(CCCCC2)Oc2c1ccc(C)c2-c1ccc2ccccc2[n+]1C. The van der Waals surface area contributed by atoms with Crippen LogP contribution in [0.1, 0.15) is 255 Å². The molecule has 8 heterocycles. The van der Waals surface area contributed by atoms with Gasteiger partial charge in [0, 0.05) is 100 Å². The van der Waals surface area contributed by atoms with Gasteiger partial charge in [0.15, 0.2) is 0 Å². The first-order valence-corrected chi connectivity index (χ1v) is 44.7. The molecule has 9 aliphatic rings. The van der Waals surface area contributed by atoms with Crippen molar-refractivity contribution in [2.75, 3.05) is 0 Å². The third-order valence-electron chi connectivity index (χ3n) is 29.5. The molecular formula is C108H126N4O4+4. The van der Waals surface area contributed by atoms with E-state index in [0.717, 1.165) is 78.1 Å². The Morgan fingerprint density at radius 3 is 0.983 bits per heavy atom. The van der Waals surface area contributed by atoms with Crippen molar-refractivity contribution in [2.45, 2.75) is 280 Å². The van der Waals surface area contributed by atoms with Crippen LogP contribution in [0, 0.1) is 27.7 Å². The third-order valence-corrected chi connectivity index (χ3v) is 29.5. The molecule has 8 heteroatoms. The van der Waals surface area contributed by atoms with Crippen LogP contribution in [-0.4, -0.2) is 22.4 Å². The first-order chi connectivity index (χ1) is 56.8. The molecule has 0 unspecified atom stereocenters. The van der Waals surface area contributed by atoms with E-state index in [1.165, 1.54) is 246 Å². The molecule has 0 bridgehead atoms. The molecule has 116 heavy (non-hydrogen) atoms. The zero-order valence-corrected chi connectivity index (χ0v) is 71.7. The minimum Gasteiger partial charge on any atom is -0.487 e. The highest BCUT2D eigenvalue weighted by Gasteiger charge is 2.53. The number of aromatic nitrogens is 4. The van der Waals surface area contributed by atoms with Crippen molar-refractivity contribution < 1.29 is 40.0 Å². The van der Waals surface area contributed by atoms with E-state index in [0.29, 0.717) is 17.4 Å². The number of fused-ring (bicyclic) bond motifs is 10. The summed E-state index contributed by atoms with van der Waals surface area (Å²) in [5.74, 6) is 4.23. The van der Waals surface area contributed by atoms with Crippen molar-refractivity contribution in [2.24, 2.45) is 28.2 Å². The summed E-state index contributed by atoms with van der Waals surface area (Å²) in [4.78, 5) is 0. The average molecular weight is 1550 g/mol. The van der Waals surface area contributed by atoms with Gasteiger partial charge in [0.1, 0.15) is 73.6 Å². The number of hydrogen-bond acceptors (Lipinski definition) is 4. The Kier molecular flexibility index (Phi) is 20.0. The van der Waals surface area contributed by atoms with Crippen LogP contribution in [0.5, 0.6) is 23.0 Å². The monoisotopic (exact) mass is 1540 g/mol. The normalized spacial score (nSPS) is 20.5. The average Bonchev–Trinajstić information content (AvgIpc) is 1.24. The molecule has 4 aromatic heterocycles. The molecule has 5 spiro atoms. The Labute approximate surface area is 694 Å². The molecule has 21 rings (SSSR count). The molecule has 0 N–H and O–H groups in total. The number of hydrogen-bond donors (Lipinski definition) is 0. The lowest BCUT2D eigenvalue weighted by Gasteiger charge is -2.50. The highest BCUT2D eigenvalue weighted by Crippen LogP contribution is 2.61. The molecule has 598 valence electrons. The minimum absolute atomic E-state index is 0.00666. The van der Waals surface area contributed by atoms with Crippen molar-refractivity contribution >= 4 is 43.6 Å². The summed E-state index contributed by atoms with van der Waals surface area (Å²) >= 11 is 0. The van der Waals surface area contributed by atoms with Gasteiger partial charge in [-0.1, -0.05) is 162 Å². The number of para-hydroxylation sites is 4. The van der Waals surface area contributed by atoms with E-state index in [1.807, 2.05) is 12.1 Å². The standard InChI is InChI=1S/C29H34NO.2C27H32NO.C25H28NO/c1-21-12-14-23-27(26(21)25-15-13-22-10-4-5-11-24(22)30(25)2)31-29(18-6-3-7-19-29)20-28(23)16-8-9-17-28;1-19-12-14-21-25(29-26(2,3)18-27(21)16-8-5-9-17-27)24(19)23-15-13-20-10-6-7-11-22(20)28(23)4;1-19-12-14-21-25(29-27(18-26(21,2)3)16-8-5-9-17-27)24(19)23-15-13-20-10-6-7-11-22(20)28(23)4;1-18-10-11-20-14-17-25(15-6-3-7-16-25)27-24(20)23(18)22-13-12-19-8-4-5-9-21(19)26(22)2/h4-5,10-15H,3,6-9,16-20H2,1-2H3;2*6-7,10-15H,5,8-9,16-18H2,1-4H3;4-5,8-13H,3,6-7,14-17H2,1-2H3/q4*+1/i;;;14D2. The number of nitrogens with zero attached hydrogens (tertiary/aromatic N) is 4. The lowest BCUT2D eigenvalue weighted by molar-refractivity contribution is -0.633. The maximum Gasteiger partial charge on any atom is 0.216 e. The number of aryl methyl sites for hydroxylation is 9. The summed E-state index contributed by atoms with van der Waals surface area (Å²) in [5.41, 5.74) is 25.0. The summed E-state index contributed by atoms with van der Waals surface area (Å²) in [7, 11) is 8.66. The predicted molar refractivity (Wildman–Crippen MR) is 475 cm³/mol. The van der Waals surface area contributed by atoms with Gasteiger partial charge in [0.2, 0.25) is 44.8 Å². The highest BCUT2D eigenvalue weighted by molar-refractivity contribution is 5.84. The van der Waals surface area contributed by atoms with Gasteiger partial charge in [-0.2, -0.15) is 18.3 Å². The molecule has 0 atom stereocenters. The molecular weight excluding hydrogens is 1420 g/mol. The first kappa shape index (κ1) is 75.4. The van der Waals surface area contributed by atoms with Crippen molar-refractivity contribution in [1.29, 1.82) is 0 Å². The molecule has 0 radical (unpaired) electrons. The Bertz CT molecular complexity index is 5680. The van der Waals surface area contributed by atoms with Gasteiger partial charge in [-0.3, -0.25) is 0 Å². The maximum absolute atomic E-state index is 8.86. The van der Waals surface area contributed by atoms with E-state index in [9.17, 15) is 0 Å². The molecule has 8 aromatic carbocycles. The van der Waals surface area contributed by atoms with Crippen LogP contribution in [0.4, 0.5) is 0 Å². The second-order valence-corrected chi connectivity index (χ2v) is 38.4. The smallest absolute Gasteiger partial charge is 0.216 e. The first-order valence-electron chi connectivity index (χ1n) is 45.7. The molecule has 0 saturated heterocycles. The van der Waals surface area contributed by atoms with Gasteiger partial charge in [-0.15, -0.1) is 0 Å². The Hall–Kier alpha value is -9.40. The molecule has 5 fully saturated rings. The van der Waals surface area contributed by atoms with Crippen LogP contribution in [0.15, 0.2) is 194 Å². The van der Waals surface area contributed by atoms with Gasteiger partial charge in [0.25, 0.3) is 0 Å². The summed E-state index contributed by atoms with van der Waals surface area (Å²) in [5, 5.41) is 5.02. The number of pyridine rings is 4. The van der Waals surface area contributed by atoms with Gasteiger partial charge >= 0.3 is 0 Å². The molecule has 5 saturated carbocycles. The zero-order chi connectivity index (χ0) is 81.7. The van der Waals surface area contributed by atoms with Gasteiger partial charge in [-0.05, 0) is 258 Å². The van der Waals surface area contributed by atoms with Crippen molar-refractivity contribution in [3.05, 3.63) is 239 Å². The largest absolute Gasteiger partial charge is 0.487 e. The molecule has 5 aliphatic carbocycles. The summed E-state index contributed by atoms with van der Waals surface area (Å²) in [6.07, 6.45) is 32.7. The quantitative estimate of drug-likeness (QED) is 0.165. The fraction of sp³-hybridized carbons (Fsp3) is 0.444. The van der Waals surface area contributed by atoms with Crippen LogP contribution < -0.4 is 37.2 Å². The second kappa shape index (κ2) is 30.8. The Morgan fingerprint density at radius 2 is 0.578 bits per heavy atom. The van der Waals surface area contributed by atoms with E-state index in [4.69, 9.17) is 21.7 Å². The van der Waals surface area contributed by atoms with Gasteiger partial charge < -0.3 is 18.9 Å². The zero-order valence-electron chi connectivity index (χ0n) is 73.7. The Balaban J connectivity index is 0.000000108. The topological polar surface area (TPSA) is 52.4 Å². The van der Waals surface area contributed by atoms with Crippen LogP contribution in [0.25, 0.3) is 88.6 Å². The number of benzene rings is 8. The Morgan fingerprint density at radius 1 is 0.276 bits per heavy atom. The van der Waals surface area contributed by atoms with E-state index in [-0.39, 0.29) is 33.2 Å². The summed E-state index contributed by atoms with van der Waals surface area (Å²) < 4.78 is 54.7. The number of rotatable bonds is 4. The predicted octanol–water partition coefficient (Wildman–Crippen LogP) is 25.4. The van der Waals surface area contributed by atoms with Crippen molar-refractivity contribution in [3.8, 4) is 68.0 Å².